The van der Waals surface area contributed by atoms with Gasteiger partial charge in [0.05, 0.1) is 19.1 Å². The highest BCUT2D eigenvalue weighted by molar-refractivity contribution is 5.90. The van der Waals surface area contributed by atoms with Crippen molar-refractivity contribution in [1.82, 2.24) is 5.32 Å². The third kappa shape index (κ3) is 6.91. The monoisotopic (exact) mass is 447 g/mol. The van der Waals surface area contributed by atoms with Crippen molar-refractivity contribution in [3.63, 3.8) is 0 Å². The highest BCUT2D eigenvalue weighted by atomic mass is 16.6. The van der Waals surface area contributed by atoms with Crippen molar-refractivity contribution in [2.45, 2.75) is 45.3 Å². The van der Waals surface area contributed by atoms with Gasteiger partial charge in [0.1, 0.15) is 11.6 Å². The fourth-order valence-corrected chi connectivity index (χ4v) is 3.46. The van der Waals surface area contributed by atoms with Gasteiger partial charge in [-0.15, -0.1) is 0 Å². The number of hydrogen-bond donors (Lipinski definition) is 1. The summed E-state index contributed by atoms with van der Waals surface area (Å²) in [5.41, 5.74) is 1.48. The number of nitrogens with one attached hydrogen (secondary N) is 1. The molecule has 0 aliphatic heterocycles. The largest absolute Gasteiger partial charge is 0.467 e. The van der Waals surface area contributed by atoms with Crippen LogP contribution < -0.4 is 5.32 Å². The van der Waals surface area contributed by atoms with Gasteiger partial charge in [-0.25, -0.2) is 9.59 Å². The molecule has 3 aromatic carbocycles. The zero-order chi connectivity index (χ0) is 24.0. The molecule has 0 fully saturated rings. The lowest BCUT2D eigenvalue weighted by Gasteiger charge is -2.20. The molecule has 1 N–H and O–H groups in total. The van der Waals surface area contributed by atoms with Crippen molar-refractivity contribution in [2.75, 3.05) is 7.11 Å². The Labute approximate surface area is 193 Å². The summed E-state index contributed by atoms with van der Waals surface area (Å²) in [5.74, 6) is -1.22. The summed E-state index contributed by atoms with van der Waals surface area (Å²) in [5, 5.41) is 4.93. The van der Waals surface area contributed by atoms with Crippen molar-refractivity contribution < 1.29 is 23.9 Å². The van der Waals surface area contributed by atoms with Gasteiger partial charge >= 0.3 is 11.9 Å². The van der Waals surface area contributed by atoms with Gasteiger partial charge in [-0.2, -0.15) is 0 Å². The Hall–Kier alpha value is -3.67. The molecule has 0 spiro atoms. The van der Waals surface area contributed by atoms with Gasteiger partial charge in [0.25, 0.3) is 0 Å². The third-order valence-electron chi connectivity index (χ3n) is 5.03. The molecule has 172 valence electrons. The molecule has 0 aromatic heterocycles. The predicted octanol–water partition coefficient (Wildman–Crippen LogP) is 4.24. The molecular weight excluding hydrogens is 418 g/mol. The number of carbonyl (C=O) groups excluding carboxylic acids is 3. The average Bonchev–Trinajstić information content (AvgIpc) is 2.77. The minimum atomic E-state index is -0.838. The highest BCUT2D eigenvalue weighted by Crippen LogP contribution is 2.17. The number of rotatable bonds is 7. The lowest BCUT2D eigenvalue weighted by Crippen LogP contribution is -2.43. The molecule has 6 heteroatoms. The summed E-state index contributed by atoms with van der Waals surface area (Å²) in [6, 6.07) is 19.7. The normalized spacial score (nSPS) is 12.1. The van der Waals surface area contributed by atoms with E-state index in [1.54, 1.807) is 45.0 Å². The van der Waals surface area contributed by atoms with E-state index in [0.717, 1.165) is 21.9 Å². The molecular formula is C27H29NO5. The first kappa shape index (κ1) is 24.0. The first-order valence-electron chi connectivity index (χ1n) is 10.8. The van der Waals surface area contributed by atoms with Gasteiger partial charge in [-0.1, -0.05) is 54.6 Å². The van der Waals surface area contributed by atoms with Crippen LogP contribution in [-0.4, -0.2) is 36.6 Å². The van der Waals surface area contributed by atoms with Gasteiger partial charge in [-0.3, -0.25) is 4.79 Å². The van der Waals surface area contributed by atoms with Crippen LogP contribution in [0.3, 0.4) is 0 Å². The zero-order valence-electron chi connectivity index (χ0n) is 19.4. The molecule has 3 rings (SSSR count). The van der Waals surface area contributed by atoms with Crippen LogP contribution in [-0.2, 0) is 31.9 Å². The van der Waals surface area contributed by atoms with Crippen LogP contribution in [0, 0.1) is 0 Å². The second-order valence-electron chi connectivity index (χ2n) is 8.90. The van der Waals surface area contributed by atoms with Gasteiger partial charge < -0.3 is 14.8 Å². The number of ether oxygens (including phenoxy) is 2. The molecule has 1 atom stereocenters. The topological polar surface area (TPSA) is 81.7 Å². The number of hydrogen-bond acceptors (Lipinski definition) is 5. The summed E-state index contributed by atoms with van der Waals surface area (Å²) in [6.07, 6.45) is 0.390. The minimum absolute atomic E-state index is 0.149. The van der Waals surface area contributed by atoms with E-state index in [1.165, 1.54) is 7.11 Å². The number of esters is 2. The molecule has 0 saturated carbocycles. The number of carbonyl (C=O) groups is 3. The van der Waals surface area contributed by atoms with Crippen molar-refractivity contribution in [3.8, 4) is 0 Å². The summed E-state index contributed by atoms with van der Waals surface area (Å²) in [4.78, 5) is 37.2. The first-order valence-corrected chi connectivity index (χ1v) is 10.8. The van der Waals surface area contributed by atoms with E-state index in [4.69, 9.17) is 9.47 Å². The van der Waals surface area contributed by atoms with E-state index in [1.807, 2.05) is 42.5 Å². The van der Waals surface area contributed by atoms with Crippen LogP contribution >= 0.6 is 0 Å². The van der Waals surface area contributed by atoms with E-state index in [-0.39, 0.29) is 18.7 Å². The Balaban J connectivity index is 1.66. The Morgan fingerprint density at radius 1 is 0.879 bits per heavy atom. The Morgan fingerprint density at radius 2 is 1.52 bits per heavy atom. The Kier molecular flexibility index (Phi) is 7.48. The maximum atomic E-state index is 12.7. The molecule has 0 saturated heterocycles. The van der Waals surface area contributed by atoms with E-state index >= 15 is 0 Å². The maximum Gasteiger partial charge on any atom is 0.338 e. The second-order valence-corrected chi connectivity index (χ2v) is 8.90. The van der Waals surface area contributed by atoms with Crippen LogP contribution in [0.1, 0.15) is 42.3 Å². The van der Waals surface area contributed by atoms with Crippen molar-refractivity contribution >= 4 is 28.6 Å². The van der Waals surface area contributed by atoms with E-state index < -0.39 is 23.6 Å². The predicted molar refractivity (Wildman–Crippen MR) is 127 cm³/mol. The Morgan fingerprint density at radius 3 is 2.15 bits per heavy atom. The number of benzene rings is 3. The quantitative estimate of drug-likeness (QED) is 0.548. The van der Waals surface area contributed by atoms with Crippen LogP contribution in [0.15, 0.2) is 66.7 Å². The zero-order valence-corrected chi connectivity index (χ0v) is 19.4. The van der Waals surface area contributed by atoms with Gasteiger partial charge in [0.2, 0.25) is 5.91 Å². The minimum Gasteiger partial charge on any atom is -0.467 e. The van der Waals surface area contributed by atoms with E-state index in [0.29, 0.717) is 5.56 Å². The highest BCUT2D eigenvalue weighted by Gasteiger charge is 2.23. The summed E-state index contributed by atoms with van der Waals surface area (Å²) in [6.45, 7) is 5.42. The molecule has 6 nitrogen and oxygen atoms in total. The summed E-state index contributed by atoms with van der Waals surface area (Å²) >= 11 is 0. The smallest absolute Gasteiger partial charge is 0.338 e. The molecule has 0 radical (unpaired) electrons. The average molecular weight is 448 g/mol. The SMILES string of the molecule is COC(=O)[C@@H](Cc1ccc(C(=O)OC(C)(C)C)cc1)NC(=O)Cc1ccc2ccccc2c1. The number of methoxy groups -OCH3 is 1. The molecule has 33 heavy (non-hydrogen) atoms. The molecule has 3 aromatic rings. The van der Waals surface area contributed by atoms with Crippen molar-refractivity contribution in [3.05, 3.63) is 83.4 Å². The molecule has 0 aliphatic carbocycles. The molecule has 0 unspecified atom stereocenters. The third-order valence-corrected chi connectivity index (χ3v) is 5.03. The van der Waals surface area contributed by atoms with E-state index in [9.17, 15) is 14.4 Å². The van der Waals surface area contributed by atoms with Crippen LogP contribution in [0.4, 0.5) is 0 Å². The lowest BCUT2D eigenvalue weighted by molar-refractivity contribution is -0.145. The van der Waals surface area contributed by atoms with E-state index in [2.05, 4.69) is 5.32 Å². The van der Waals surface area contributed by atoms with Crippen molar-refractivity contribution in [1.29, 1.82) is 0 Å². The first-order chi connectivity index (χ1) is 15.6. The molecule has 0 aliphatic rings. The fraction of sp³-hybridized carbons (Fsp3) is 0.296. The fourth-order valence-electron chi connectivity index (χ4n) is 3.46. The van der Waals surface area contributed by atoms with Crippen LogP contribution in [0.25, 0.3) is 10.8 Å². The van der Waals surface area contributed by atoms with Gasteiger partial charge in [0, 0.05) is 6.42 Å². The van der Waals surface area contributed by atoms with Crippen LogP contribution in [0.5, 0.6) is 0 Å². The molecule has 0 bridgehead atoms. The van der Waals surface area contributed by atoms with Crippen LogP contribution in [0.2, 0.25) is 0 Å². The van der Waals surface area contributed by atoms with Gasteiger partial charge in [-0.05, 0) is 54.8 Å². The maximum absolute atomic E-state index is 12.7. The second kappa shape index (κ2) is 10.3. The molecule has 1 amide bonds. The number of fused-ring (bicyclic) bond motifs is 1. The summed E-state index contributed by atoms with van der Waals surface area (Å²) < 4.78 is 10.2. The number of amides is 1. The lowest BCUT2D eigenvalue weighted by atomic mass is 10.0. The Bertz CT molecular complexity index is 1150. The standard InChI is InChI=1S/C27H29NO5/c1-27(2,3)33-25(30)21-13-9-18(10-14-21)16-23(26(31)32-4)28-24(29)17-19-11-12-20-7-5-6-8-22(20)15-19/h5-15,23H,16-17H2,1-4H3,(H,28,29)/t23-/m1/s1. The molecule has 0 heterocycles. The summed E-state index contributed by atoms with van der Waals surface area (Å²) in [7, 11) is 1.29. The van der Waals surface area contributed by atoms with Crippen molar-refractivity contribution in [2.24, 2.45) is 0 Å². The van der Waals surface area contributed by atoms with Gasteiger partial charge in [0.15, 0.2) is 0 Å².